The molecule has 0 bridgehead atoms. The fraction of sp³-hybridized carbons (Fsp3) is 0.476. The monoisotopic (exact) mass is 455 g/mol. The Morgan fingerprint density at radius 2 is 1.84 bits per heavy atom. The molecule has 0 radical (unpaired) electrons. The number of halogens is 3. The van der Waals surface area contributed by atoms with Crippen molar-refractivity contribution in [3.05, 3.63) is 48.0 Å². The number of piperidine rings is 1. The summed E-state index contributed by atoms with van der Waals surface area (Å²) in [5.74, 6) is -1.02. The fourth-order valence-electron chi connectivity index (χ4n) is 3.78. The van der Waals surface area contributed by atoms with E-state index in [1.807, 2.05) is 36.2 Å². The molecule has 4 heterocycles. The molecule has 0 saturated carbocycles. The normalized spacial score (nSPS) is 18.1. The van der Waals surface area contributed by atoms with Crippen molar-refractivity contribution >= 4 is 17.7 Å². The molecule has 2 aromatic heterocycles. The summed E-state index contributed by atoms with van der Waals surface area (Å²) in [5.41, 5.74) is 0.480. The van der Waals surface area contributed by atoms with Gasteiger partial charge in [-0.25, -0.2) is 9.78 Å². The van der Waals surface area contributed by atoms with Gasteiger partial charge in [0.1, 0.15) is 11.6 Å². The number of carboxylic acid groups (broad SMARTS) is 1. The van der Waals surface area contributed by atoms with Crippen molar-refractivity contribution in [3.8, 4) is 0 Å². The van der Waals surface area contributed by atoms with Gasteiger partial charge in [0, 0.05) is 32.4 Å². The molecule has 1 amide bonds. The molecule has 8 nitrogen and oxygen atoms in total. The van der Waals surface area contributed by atoms with Gasteiger partial charge in [-0.3, -0.25) is 4.79 Å². The highest BCUT2D eigenvalue weighted by atomic mass is 19.4. The van der Waals surface area contributed by atoms with E-state index in [0.717, 1.165) is 31.7 Å². The van der Waals surface area contributed by atoms with Crippen molar-refractivity contribution < 1.29 is 37.0 Å². The van der Waals surface area contributed by atoms with Crippen molar-refractivity contribution in [1.82, 2.24) is 9.88 Å². The van der Waals surface area contributed by atoms with Gasteiger partial charge in [0.2, 0.25) is 0 Å². The number of aryl methyl sites for hydroxylation is 1. The van der Waals surface area contributed by atoms with Crippen LogP contribution in [0.25, 0.3) is 0 Å². The first-order chi connectivity index (χ1) is 15.1. The molecule has 0 atom stereocenters. The van der Waals surface area contributed by atoms with E-state index in [-0.39, 0.29) is 11.5 Å². The van der Waals surface area contributed by atoms with Crippen LogP contribution in [-0.4, -0.2) is 71.4 Å². The van der Waals surface area contributed by atoms with Crippen LogP contribution in [0, 0.1) is 6.92 Å². The van der Waals surface area contributed by atoms with Gasteiger partial charge in [-0.2, -0.15) is 13.2 Å². The minimum absolute atomic E-state index is 0.0542. The molecule has 0 aromatic carbocycles. The predicted octanol–water partition coefficient (Wildman–Crippen LogP) is 3.13. The number of aliphatic carboxylic acids is 1. The quantitative estimate of drug-likeness (QED) is 0.743. The Morgan fingerprint density at radius 3 is 2.38 bits per heavy atom. The number of alkyl halides is 3. The highest BCUT2D eigenvalue weighted by Gasteiger charge is 2.41. The third-order valence-electron chi connectivity index (χ3n) is 5.52. The third-order valence-corrected chi connectivity index (χ3v) is 5.52. The lowest BCUT2D eigenvalue weighted by atomic mass is 9.89. The molecule has 11 heteroatoms. The highest BCUT2D eigenvalue weighted by molar-refractivity contribution is 5.95. The molecule has 1 spiro atoms. The highest BCUT2D eigenvalue weighted by Crippen LogP contribution is 2.32. The number of carboxylic acids is 1. The average molecular weight is 455 g/mol. The van der Waals surface area contributed by atoms with Crippen molar-refractivity contribution in [2.24, 2.45) is 0 Å². The summed E-state index contributed by atoms with van der Waals surface area (Å²) in [5, 5.41) is 7.12. The molecule has 0 aliphatic carbocycles. The van der Waals surface area contributed by atoms with Crippen LogP contribution in [-0.2, 0) is 9.53 Å². The largest absolute Gasteiger partial charge is 0.490 e. The number of carbonyl (C=O) groups is 2. The van der Waals surface area contributed by atoms with Crippen LogP contribution in [0.15, 0.2) is 41.1 Å². The SMILES string of the molecule is Cc1occc1C(=O)N1CCC2(CC1)CN(c1ccccn1)CCO2.O=C(O)C(F)(F)F. The molecule has 2 aromatic rings. The number of morpholine rings is 1. The molecule has 32 heavy (non-hydrogen) atoms. The van der Waals surface area contributed by atoms with E-state index in [0.29, 0.717) is 31.0 Å². The van der Waals surface area contributed by atoms with Gasteiger partial charge in [0.05, 0.1) is 24.0 Å². The molecule has 2 aliphatic rings. The van der Waals surface area contributed by atoms with Gasteiger partial charge in [-0.05, 0) is 38.0 Å². The van der Waals surface area contributed by atoms with Gasteiger partial charge in [-0.15, -0.1) is 0 Å². The topological polar surface area (TPSA) is 96.1 Å². The molecule has 174 valence electrons. The first kappa shape index (κ1) is 23.6. The smallest absolute Gasteiger partial charge is 0.475 e. The molecule has 2 fully saturated rings. The van der Waals surface area contributed by atoms with E-state index in [9.17, 15) is 18.0 Å². The van der Waals surface area contributed by atoms with Crippen LogP contribution in [0.1, 0.15) is 29.0 Å². The molecule has 2 saturated heterocycles. The first-order valence-corrected chi connectivity index (χ1v) is 10.0. The van der Waals surface area contributed by atoms with Gasteiger partial charge < -0.3 is 24.1 Å². The second kappa shape index (κ2) is 9.60. The van der Waals surface area contributed by atoms with E-state index < -0.39 is 12.1 Å². The zero-order valence-electron chi connectivity index (χ0n) is 17.5. The number of furan rings is 1. The zero-order chi connectivity index (χ0) is 23.4. The van der Waals surface area contributed by atoms with Gasteiger partial charge in [0.15, 0.2) is 0 Å². The lowest BCUT2D eigenvalue weighted by molar-refractivity contribution is -0.192. The van der Waals surface area contributed by atoms with E-state index in [1.54, 1.807) is 12.3 Å². The van der Waals surface area contributed by atoms with Crippen molar-refractivity contribution in [1.29, 1.82) is 0 Å². The standard InChI is InChI=1S/C19H23N3O3.C2HF3O2/c1-15-16(5-12-24-15)18(23)21-9-6-19(7-10-21)14-22(11-13-25-19)17-4-2-3-8-20-17;3-2(4,5)1(6)7/h2-5,8,12H,6-7,9-11,13-14H2,1H3;(H,6,7). The minimum atomic E-state index is -5.08. The summed E-state index contributed by atoms with van der Waals surface area (Å²) in [6.07, 6.45) is 0.00687. The molecule has 4 rings (SSSR count). The van der Waals surface area contributed by atoms with Gasteiger partial charge in [-0.1, -0.05) is 6.07 Å². The van der Waals surface area contributed by atoms with E-state index in [2.05, 4.69) is 9.88 Å². The second-order valence-electron chi connectivity index (χ2n) is 7.63. The predicted molar refractivity (Wildman–Crippen MR) is 107 cm³/mol. The Balaban J connectivity index is 0.000000360. The summed E-state index contributed by atoms with van der Waals surface area (Å²) in [6.45, 7) is 5.63. The molecule has 0 unspecified atom stereocenters. The van der Waals surface area contributed by atoms with Crippen LogP contribution in [0.2, 0.25) is 0 Å². The molecular weight excluding hydrogens is 431 g/mol. The lowest BCUT2D eigenvalue weighted by Gasteiger charge is -2.47. The average Bonchev–Trinajstić information content (AvgIpc) is 3.20. The summed E-state index contributed by atoms with van der Waals surface area (Å²) >= 11 is 0. The van der Waals surface area contributed by atoms with Crippen molar-refractivity contribution in [3.63, 3.8) is 0 Å². The lowest BCUT2D eigenvalue weighted by Crippen LogP contribution is -2.57. The number of likely N-dealkylation sites (tertiary alicyclic amines) is 1. The number of carbonyl (C=O) groups excluding carboxylic acids is 1. The number of hydrogen-bond acceptors (Lipinski definition) is 6. The fourth-order valence-corrected chi connectivity index (χ4v) is 3.78. The number of rotatable bonds is 2. The maximum absolute atomic E-state index is 12.6. The van der Waals surface area contributed by atoms with Crippen molar-refractivity contribution in [2.45, 2.75) is 31.5 Å². The first-order valence-electron chi connectivity index (χ1n) is 10.0. The van der Waals surface area contributed by atoms with E-state index in [4.69, 9.17) is 19.1 Å². The maximum Gasteiger partial charge on any atom is 0.490 e. The van der Waals surface area contributed by atoms with Crippen molar-refractivity contribution in [2.75, 3.05) is 37.7 Å². The van der Waals surface area contributed by atoms with E-state index >= 15 is 0 Å². The Labute approximate surface area is 182 Å². The van der Waals surface area contributed by atoms with Gasteiger partial charge in [0.25, 0.3) is 5.91 Å². The zero-order valence-corrected chi connectivity index (χ0v) is 17.5. The van der Waals surface area contributed by atoms with Crippen LogP contribution < -0.4 is 4.90 Å². The number of nitrogens with zero attached hydrogens (tertiary/aromatic N) is 3. The van der Waals surface area contributed by atoms with Crippen LogP contribution >= 0.6 is 0 Å². The van der Waals surface area contributed by atoms with E-state index in [1.165, 1.54) is 0 Å². The summed E-state index contributed by atoms with van der Waals surface area (Å²) in [4.78, 5) is 30.2. The summed E-state index contributed by atoms with van der Waals surface area (Å²) < 4.78 is 43.2. The Bertz CT molecular complexity index is 924. The van der Waals surface area contributed by atoms with Crippen LogP contribution in [0.5, 0.6) is 0 Å². The second-order valence-corrected chi connectivity index (χ2v) is 7.63. The summed E-state index contributed by atoms with van der Waals surface area (Å²) in [6, 6.07) is 7.74. The Morgan fingerprint density at radius 1 is 1.16 bits per heavy atom. The minimum Gasteiger partial charge on any atom is -0.475 e. The number of amides is 1. The number of anilines is 1. The molecule has 1 N–H and O–H groups in total. The number of aromatic nitrogens is 1. The van der Waals surface area contributed by atoms with Crippen LogP contribution in [0.4, 0.5) is 19.0 Å². The molecular formula is C21H24F3N3O5. The Hall–Kier alpha value is -3.08. The Kier molecular flexibility index (Phi) is 7.07. The summed E-state index contributed by atoms with van der Waals surface area (Å²) in [7, 11) is 0. The van der Waals surface area contributed by atoms with Crippen LogP contribution in [0.3, 0.4) is 0 Å². The molecule has 2 aliphatic heterocycles. The maximum atomic E-state index is 12.6. The number of pyridine rings is 1. The van der Waals surface area contributed by atoms with Gasteiger partial charge >= 0.3 is 12.1 Å². The number of hydrogen-bond donors (Lipinski definition) is 1. The third kappa shape index (κ3) is 5.58. The number of ether oxygens (including phenoxy) is 1.